The minimum atomic E-state index is -0.771. The number of hydrogen-bond donors (Lipinski definition) is 1. The van der Waals surface area contributed by atoms with Gasteiger partial charge < -0.3 is 14.8 Å². The van der Waals surface area contributed by atoms with Crippen LogP contribution in [0.1, 0.15) is 52.3 Å². The van der Waals surface area contributed by atoms with Crippen molar-refractivity contribution in [1.29, 1.82) is 0 Å². The van der Waals surface area contributed by atoms with Gasteiger partial charge >= 0.3 is 5.97 Å². The number of anilines is 2. The molecule has 2 amide bonds. The molecule has 1 aliphatic heterocycles. The maximum absolute atomic E-state index is 12.8. The molecule has 1 atom stereocenters. The van der Waals surface area contributed by atoms with Crippen molar-refractivity contribution in [2.45, 2.75) is 39.7 Å². The van der Waals surface area contributed by atoms with Gasteiger partial charge in [-0.3, -0.25) is 19.3 Å². The van der Waals surface area contributed by atoms with Crippen LogP contribution in [0.25, 0.3) is 0 Å². The van der Waals surface area contributed by atoms with E-state index in [-0.39, 0.29) is 17.9 Å². The van der Waals surface area contributed by atoms with Crippen LogP contribution in [0.5, 0.6) is 5.75 Å². The van der Waals surface area contributed by atoms with Crippen molar-refractivity contribution in [2.24, 2.45) is 0 Å². The molecule has 31 heavy (non-hydrogen) atoms. The highest BCUT2D eigenvalue weighted by molar-refractivity contribution is 7.16. The number of fused-ring (bicyclic) bond motifs is 1. The van der Waals surface area contributed by atoms with Gasteiger partial charge in [-0.1, -0.05) is 6.92 Å². The van der Waals surface area contributed by atoms with Gasteiger partial charge in [-0.15, -0.1) is 11.3 Å². The van der Waals surface area contributed by atoms with Gasteiger partial charge in [-0.2, -0.15) is 0 Å². The van der Waals surface area contributed by atoms with Crippen molar-refractivity contribution < 1.29 is 28.7 Å². The number of ether oxygens (including phenoxy) is 2. The topological polar surface area (TPSA) is 102 Å². The summed E-state index contributed by atoms with van der Waals surface area (Å²) < 4.78 is 10.4. The number of esters is 1. The molecule has 9 heteroatoms. The van der Waals surface area contributed by atoms with Gasteiger partial charge in [0.15, 0.2) is 11.9 Å². The summed E-state index contributed by atoms with van der Waals surface area (Å²) in [5.41, 5.74) is 1.09. The Morgan fingerprint density at radius 1 is 1.26 bits per heavy atom. The minimum absolute atomic E-state index is 0.0439. The van der Waals surface area contributed by atoms with E-state index in [1.807, 2.05) is 13.8 Å². The Labute approximate surface area is 184 Å². The van der Waals surface area contributed by atoms with E-state index >= 15 is 0 Å². The summed E-state index contributed by atoms with van der Waals surface area (Å²) in [6.45, 7) is 5.04. The predicted octanol–water partition coefficient (Wildman–Crippen LogP) is 3.58. The highest BCUT2D eigenvalue weighted by atomic mass is 32.1. The Morgan fingerprint density at radius 3 is 2.68 bits per heavy atom. The fraction of sp³-hybridized carbons (Fsp3) is 0.364. The van der Waals surface area contributed by atoms with Crippen LogP contribution in [-0.2, 0) is 14.3 Å². The number of nitrogens with one attached hydrogen (secondary N) is 1. The molecule has 1 N–H and O–H groups in total. The maximum atomic E-state index is 12.8. The van der Waals surface area contributed by atoms with Gasteiger partial charge in [0.2, 0.25) is 5.91 Å². The third-order valence-corrected chi connectivity index (χ3v) is 5.75. The molecule has 0 saturated carbocycles. The summed E-state index contributed by atoms with van der Waals surface area (Å²) in [6, 6.07) is 6.52. The number of benzene rings is 1. The molecule has 8 nitrogen and oxygen atoms in total. The molecule has 164 valence electrons. The van der Waals surface area contributed by atoms with Gasteiger partial charge in [-0.25, -0.2) is 4.79 Å². The van der Waals surface area contributed by atoms with Crippen molar-refractivity contribution in [2.75, 3.05) is 23.9 Å². The second-order valence-corrected chi connectivity index (χ2v) is 8.44. The number of carbonyl (C=O) groups excluding carboxylic acids is 4. The number of ketones is 1. The Morgan fingerprint density at radius 2 is 2.00 bits per heavy atom. The van der Waals surface area contributed by atoms with E-state index in [0.29, 0.717) is 34.8 Å². The third kappa shape index (κ3) is 4.77. The first-order chi connectivity index (χ1) is 14.7. The number of thiophene rings is 1. The monoisotopic (exact) mass is 444 g/mol. The van der Waals surface area contributed by atoms with Crippen LogP contribution >= 0.6 is 11.3 Å². The molecular weight excluding hydrogens is 420 g/mol. The van der Waals surface area contributed by atoms with Crippen LogP contribution in [-0.4, -0.2) is 43.3 Å². The van der Waals surface area contributed by atoms with Crippen LogP contribution < -0.4 is 15.0 Å². The van der Waals surface area contributed by atoms with Crippen LogP contribution in [0.2, 0.25) is 0 Å². The Hall–Kier alpha value is -3.20. The molecule has 1 aromatic heterocycles. The van der Waals surface area contributed by atoms with Crippen molar-refractivity contribution >= 4 is 45.6 Å². The fourth-order valence-corrected chi connectivity index (χ4v) is 4.21. The highest BCUT2D eigenvalue weighted by Gasteiger charge is 2.33. The third-order valence-electron chi connectivity index (χ3n) is 4.78. The van der Waals surface area contributed by atoms with Crippen LogP contribution in [0.4, 0.5) is 10.7 Å². The van der Waals surface area contributed by atoms with E-state index in [1.165, 1.54) is 23.3 Å². The minimum Gasteiger partial charge on any atom is -0.479 e. The first kappa shape index (κ1) is 22.5. The summed E-state index contributed by atoms with van der Waals surface area (Å²) in [7, 11) is 1.27. The lowest BCUT2D eigenvalue weighted by Crippen LogP contribution is -2.47. The summed E-state index contributed by atoms with van der Waals surface area (Å²) >= 11 is 1.24. The Balaban J connectivity index is 1.87. The number of nitrogens with zero attached hydrogens (tertiary/aromatic N) is 1. The number of carbonyl (C=O) groups is 4. The van der Waals surface area contributed by atoms with E-state index in [2.05, 4.69) is 5.32 Å². The van der Waals surface area contributed by atoms with Crippen LogP contribution in [0.15, 0.2) is 24.3 Å². The molecule has 1 aliphatic rings. The first-order valence-corrected chi connectivity index (χ1v) is 10.7. The fourth-order valence-electron chi connectivity index (χ4n) is 3.29. The lowest BCUT2D eigenvalue weighted by atomic mass is 10.0. The van der Waals surface area contributed by atoms with Crippen molar-refractivity contribution in [3.63, 3.8) is 0 Å². The van der Waals surface area contributed by atoms with Gasteiger partial charge in [0.1, 0.15) is 17.3 Å². The second-order valence-electron chi connectivity index (χ2n) is 7.18. The maximum Gasteiger partial charge on any atom is 0.340 e. The molecule has 1 aromatic carbocycles. The van der Waals surface area contributed by atoms with E-state index in [1.54, 1.807) is 31.2 Å². The summed E-state index contributed by atoms with van der Waals surface area (Å²) in [6.07, 6.45) is 0.322. The molecule has 3 rings (SSSR count). The normalized spacial score (nSPS) is 15.2. The van der Waals surface area contributed by atoms with Crippen molar-refractivity contribution in [3.8, 4) is 5.75 Å². The quantitative estimate of drug-likeness (QED) is 0.517. The lowest BCUT2D eigenvalue weighted by Gasteiger charge is -2.32. The zero-order valence-electron chi connectivity index (χ0n) is 17.8. The van der Waals surface area contributed by atoms with Crippen molar-refractivity contribution in [1.82, 2.24) is 0 Å². The number of hydrogen-bond acceptors (Lipinski definition) is 7. The molecular formula is C22H24N2O6S. The zero-order valence-corrected chi connectivity index (χ0v) is 18.6. The molecule has 2 aromatic rings. The number of methoxy groups -OCH3 is 1. The molecule has 0 spiro atoms. The molecule has 2 heterocycles. The smallest absolute Gasteiger partial charge is 0.340 e. The van der Waals surface area contributed by atoms with E-state index in [9.17, 15) is 19.2 Å². The average Bonchev–Trinajstić information content (AvgIpc) is 3.10. The first-order valence-electron chi connectivity index (χ1n) is 9.89. The van der Waals surface area contributed by atoms with Crippen LogP contribution in [0, 0.1) is 6.92 Å². The van der Waals surface area contributed by atoms with Gasteiger partial charge in [0.05, 0.1) is 18.4 Å². The predicted molar refractivity (Wildman–Crippen MR) is 117 cm³/mol. The number of aryl methyl sites for hydroxylation is 1. The number of Topliss-reactive ketones (excluding diaryl/α,β-unsaturated/α-hetero) is 1. The van der Waals surface area contributed by atoms with E-state index < -0.39 is 23.9 Å². The Kier molecular flexibility index (Phi) is 6.74. The number of amides is 2. The zero-order chi connectivity index (χ0) is 22.7. The summed E-state index contributed by atoms with van der Waals surface area (Å²) in [5.74, 6) is -1.04. The van der Waals surface area contributed by atoms with Gasteiger partial charge in [-0.05, 0) is 44.5 Å². The molecule has 0 saturated heterocycles. The molecule has 0 bridgehead atoms. The standard InChI is InChI=1S/C22H24N2O6S/c1-5-6-17(25)14-7-8-18-16(10-14)24(21(27)13(3)30-18)11-19(26)23-20-15(22(28)29-4)9-12(2)31-20/h7-10,13H,5-6,11H2,1-4H3,(H,23,26). The summed E-state index contributed by atoms with van der Waals surface area (Å²) in [4.78, 5) is 52.0. The highest BCUT2D eigenvalue weighted by Crippen LogP contribution is 2.35. The lowest BCUT2D eigenvalue weighted by molar-refractivity contribution is -0.127. The molecule has 1 unspecified atom stereocenters. The number of rotatable bonds is 7. The van der Waals surface area contributed by atoms with Crippen molar-refractivity contribution in [3.05, 3.63) is 40.3 Å². The van der Waals surface area contributed by atoms with E-state index in [0.717, 1.165) is 4.88 Å². The average molecular weight is 445 g/mol. The molecule has 0 fully saturated rings. The van der Waals surface area contributed by atoms with Gasteiger partial charge in [0.25, 0.3) is 5.91 Å². The molecule has 0 aliphatic carbocycles. The SMILES string of the molecule is CCCC(=O)c1ccc2c(c1)N(CC(=O)Nc1sc(C)cc1C(=O)OC)C(=O)C(C)O2. The van der Waals surface area contributed by atoms with Gasteiger partial charge in [0, 0.05) is 16.9 Å². The van der Waals surface area contributed by atoms with E-state index in [4.69, 9.17) is 9.47 Å². The second kappa shape index (κ2) is 9.30. The summed E-state index contributed by atoms with van der Waals surface area (Å²) in [5, 5.41) is 3.05. The largest absolute Gasteiger partial charge is 0.479 e. The van der Waals surface area contributed by atoms with Crippen LogP contribution in [0.3, 0.4) is 0 Å². The Bertz CT molecular complexity index is 1040. The molecule has 0 radical (unpaired) electrons.